The molecule has 4 nitrogen and oxygen atoms in total. The van der Waals surface area contributed by atoms with E-state index in [9.17, 15) is 8.42 Å². The lowest BCUT2D eigenvalue weighted by Crippen LogP contribution is -2.11. The number of nitriles is 1. The molecule has 0 aliphatic carbocycles. The quantitative estimate of drug-likeness (QED) is 0.684. The van der Waals surface area contributed by atoms with Crippen LogP contribution in [0.2, 0.25) is 0 Å². The van der Waals surface area contributed by atoms with Crippen LogP contribution in [0.15, 0.2) is 58.0 Å². The lowest BCUT2D eigenvalue weighted by atomic mass is 10.2. The highest BCUT2D eigenvalue weighted by Crippen LogP contribution is 2.30. The molecule has 0 saturated heterocycles. The summed E-state index contributed by atoms with van der Waals surface area (Å²) in [6.07, 6.45) is 1.51. The van der Waals surface area contributed by atoms with Crippen LogP contribution in [0.1, 0.15) is 11.1 Å². The predicted molar refractivity (Wildman–Crippen MR) is 88.1 cm³/mol. The van der Waals surface area contributed by atoms with Gasteiger partial charge in [0, 0.05) is 16.1 Å². The monoisotopic (exact) mass is 374 g/mol. The van der Waals surface area contributed by atoms with Gasteiger partial charge in [-0.05, 0) is 53.2 Å². The van der Waals surface area contributed by atoms with Crippen molar-refractivity contribution in [2.45, 2.75) is 11.8 Å². The van der Waals surface area contributed by atoms with Crippen LogP contribution in [0.5, 0.6) is 0 Å². The molecule has 0 unspecified atom stereocenters. The first kappa shape index (κ1) is 14.8. The van der Waals surface area contributed by atoms with Crippen LogP contribution in [0, 0.1) is 18.3 Å². The summed E-state index contributed by atoms with van der Waals surface area (Å²) in [5.74, 6) is 0. The normalized spacial score (nSPS) is 11.5. The van der Waals surface area contributed by atoms with E-state index < -0.39 is 10.0 Å². The summed E-state index contributed by atoms with van der Waals surface area (Å²) >= 11 is 3.36. The average molecular weight is 375 g/mol. The second-order valence-corrected chi connectivity index (χ2v) is 7.60. The van der Waals surface area contributed by atoms with Crippen LogP contribution in [-0.4, -0.2) is 12.4 Å². The van der Waals surface area contributed by atoms with E-state index in [4.69, 9.17) is 5.26 Å². The molecule has 0 bridgehead atoms. The van der Waals surface area contributed by atoms with Gasteiger partial charge < -0.3 is 0 Å². The van der Waals surface area contributed by atoms with Gasteiger partial charge in [0.2, 0.25) is 0 Å². The molecule has 0 spiro atoms. The van der Waals surface area contributed by atoms with Crippen molar-refractivity contribution in [2.75, 3.05) is 0 Å². The van der Waals surface area contributed by atoms with E-state index in [-0.39, 0.29) is 4.90 Å². The molecular formula is C16H11BrN2O2S. The Morgan fingerprint density at radius 1 is 1.14 bits per heavy atom. The van der Waals surface area contributed by atoms with Crippen molar-refractivity contribution < 1.29 is 8.42 Å². The summed E-state index contributed by atoms with van der Waals surface area (Å²) in [6.45, 7) is 1.90. The van der Waals surface area contributed by atoms with Crippen molar-refractivity contribution in [1.82, 2.24) is 3.97 Å². The van der Waals surface area contributed by atoms with Crippen LogP contribution in [0.4, 0.5) is 0 Å². The topological polar surface area (TPSA) is 62.9 Å². The van der Waals surface area contributed by atoms with Crippen molar-refractivity contribution in [1.29, 1.82) is 5.26 Å². The Bertz CT molecular complexity index is 1010. The highest BCUT2D eigenvalue weighted by atomic mass is 79.9. The van der Waals surface area contributed by atoms with Crippen molar-refractivity contribution in [3.63, 3.8) is 0 Å². The molecule has 0 fully saturated rings. The molecule has 2 aromatic carbocycles. The fourth-order valence-electron chi connectivity index (χ4n) is 2.25. The molecule has 0 aliphatic heterocycles. The highest BCUT2D eigenvalue weighted by Gasteiger charge is 2.20. The second-order valence-electron chi connectivity index (χ2n) is 4.93. The molecule has 22 heavy (non-hydrogen) atoms. The van der Waals surface area contributed by atoms with Gasteiger partial charge in [0.1, 0.15) is 0 Å². The van der Waals surface area contributed by atoms with Crippen LogP contribution in [0.3, 0.4) is 0 Å². The van der Waals surface area contributed by atoms with Crippen LogP contribution in [-0.2, 0) is 10.0 Å². The summed E-state index contributed by atoms with van der Waals surface area (Å²) in [6, 6.07) is 13.7. The smallest absolute Gasteiger partial charge is 0.240 e. The van der Waals surface area contributed by atoms with Gasteiger partial charge in [-0.3, -0.25) is 0 Å². The molecule has 1 aromatic heterocycles. The largest absolute Gasteiger partial charge is 0.268 e. The zero-order valence-corrected chi connectivity index (χ0v) is 14.0. The van der Waals surface area contributed by atoms with Crippen LogP contribution >= 0.6 is 15.9 Å². The minimum Gasteiger partial charge on any atom is -0.240 e. The fraction of sp³-hybridized carbons (Fsp3) is 0.0625. The summed E-state index contributed by atoms with van der Waals surface area (Å²) < 4.78 is 27.5. The molecule has 0 saturated carbocycles. The lowest BCUT2D eigenvalue weighted by Gasteiger charge is -2.07. The van der Waals surface area contributed by atoms with Gasteiger partial charge >= 0.3 is 0 Å². The first-order valence-corrected chi connectivity index (χ1v) is 8.70. The molecule has 3 rings (SSSR count). The van der Waals surface area contributed by atoms with Crippen LogP contribution in [0.25, 0.3) is 10.9 Å². The number of hydrogen-bond acceptors (Lipinski definition) is 3. The van der Waals surface area contributed by atoms with Crippen LogP contribution < -0.4 is 0 Å². The third-order valence-corrected chi connectivity index (χ3v) is 5.75. The molecule has 1 heterocycles. The van der Waals surface area contributed by atoms with Crippen molar-refractivity contribution in [3.8, 4) is 6.07 Å². The lowest BCUT2D eigenvalue weighted by molar-refractivity contribution is 0.589. The molecule has 0 N–H and O–H groups in total. The van der Waals surface area contributed by atoms with Gasteiger partial charge in [0.15, 0.2) is 0 Å². The van der Waals surface area contributed by atoms with Crippen molar-refractivity contribution in [3.05, 3.63) is 64.3 Å². The summed E-state index contributed by atoms with van der Waals surface area (Å²) in [4.78, 5) is 0.229. The van der Waals surface area contributed by atoms with Gasteiger partial charge in [-0.2, -0.15) is 5.26 Å². The molecule has 0 aliphatic rings. The Kier molecular flexibility index (Phi) is 3.55. The van der Waals surface area contributed by atoms with Gasteiger partial charge in [-0.15, -0.1) is 0 Å². The highest BCUT2D eigenvalue weighted by molar-refractivity contribution is 9.10. The summed E-state index contributed by atoms with van der Waals surface area (Å²) in [5.41, 5.74) is 2.02. The summed E-state index contributed by atoms with van der Waals surface area (Å²) in [5, 5.41) is 9.66. The molecule has 0 atom stereocenters. The van der Waals surface area contributed by atoms with Crippen molar-refractivity contribution in [2.24, 2.45) is 0 Å². The molecule has 0 radical (unpaired) electrons. The first-order valence-electron chi connectivity index (χ1n) is 6.46. The molecular weight excluding hydrogens is 364 g/mol. The Hall–Kier alpha value is -2.10. The fourth-order valence-corrected chi connectivity index (χ4v) is 4.28. The number of benzene rings is 2. The number of fused-ring (bicyclic) bond motifs is 1. The zero-order valence-electron chi connectivity index (χ0n) is 11.6. The zero-order chi connectivity index (χ0) is 15.9. The maximum atomic E-state index is 12.8. The summed E-state index contributed by atoms with van der Waals surface area (Å²) in [7, 11) is -3.68. The van der Waals surface area contributed by atoms with E-state index in [1.54, 1.807) is 42.5 Å². The van der Waals surface area contributed by atoms with E-state index in [0.29, 0.717) is 20.9 Å². The third-order valence-electron chi connectivity index (χ3n) is 3.43. The number of aryl methyl sites for hydroxylation is 1. The standard InChI is InChI=1S/C16H11BrN2O2S/c1-11-2-5-13(6-3-11)22(20,21)19-10-15(17)14-8-12(9-18)4-7-16(14)19/h2-8,10H,1H3. The minimum absolute atomic E-state index is 0.229. The molecule has 6 heteroatoms. The second kappa shape index (κ2) is 5.27. The van der Waals surface area contributed by atoms with E-state index in [1.165, 1.54) is 10.2 Å². The van der Waals surface area contributed by atoms with Gasteiger partial charge in [0.05, 0.1) is 22.0 Å². The predicted octanol–water partition coefficient (Wildman–Crippen LogP) is 3.82. The minimum atomic E-state index is -3.68. The Morgan fingerprint density at radius 2 is 1.82 bits per heavy atom. The van der Waals surface area contributed by atoms with E-state index in [1.807, 2.05) is 6.92 Å². The average Bonchev–Trinajstić information content (AvgIpc) is 2.85. The van der Waals surface area contributed by atoms with Gasteiger partial charge in [0.25, 0.3) is 10.0 Å². The number of hydrogen-bond donors (Lipinski definition) is 0. The number of halogens is 1. The first-order chi connectivity index (χ1) is 10.4. The van der Waals surface area contributed by atoms with Gasteiger partial charge in [-0.25, -0.2) is 12.4 Å². The van der Waals surface area contributed by atoms with E-state index in [2.05, 4.69) is 22.0 Å². The van der Waals surface area contributed by atoms with Gasteiger partial charge in [-0.1, -0.05) is 17.7 Å². The Balaban J connectivity index is 2.26. The third kappa shape index (κ3) is 2.32. The maximum Gasteiger partial charge on any atom is 0.268 e. The van der Waals surface area contributed by atoms with E-state index in [0.717, 1.165) is 5.56 Å². The maximum absolute atomic E-state index is 12.8. The molecule has 110 valence electrons. The number of rotatable bonds is 2. The SMILES string of the molecule is Cc1ccc(S(=O)(=O)n2cc(Br)c3cc(C#N)ccc32)cc1. The van der Waals surface area contributed by atoms with E-state index >= 15 is 0 Å². The molecule has 0 amide bonds. The number of nitrogens with zero attached hydrogens (tertiary/aromatic N) is 2. The Morgan fingerprint density at radius 3 is 2.45 bits per heavy atom. The molecule has 3 aromatic rings. The van der Waals surface area contributed by atoms with Crippen molar-refractivity contribution >= 4 is 36.9 Å². The number of aromatic nitrogens is 1. The Labute approximate surface area is 136 Å².